The molecule has 0 atom stereocenters. The van der Waals surface area contributed by atoms with Gasteiger partial charge in [-0.2, -0.15) is 4.31 Å². The highest BCUT2D eigenvalue weighted by Gasteiger charge is 2.39. The van der Waals surface area contributed by atoms with Crippen LogP contribution in [0.25, 0.3) is 0 Å². The van der Waals surface area contributed by atoms with Crippen LogP contribution in [0.4, 0.5) is 0 Å². The van der Waals surface area contributed by atoms with Gasteiger partial charge in [-0.3, -0.25) is 0 Å². The summed E-state index contributed by atoms with van der Waals surface area (Å²) < 4.78 is 39.1. The van der Waals surface area contributed by atoms with Crippen molar-refractivity contribution in [3.05, 3.63) is 30.1 Å². The third-order valence-electron chi connectivity index (χ3n) is 4.72. The van der Waals surface area contributed by atoms with E-state index in [1.807, 2.05) is 6.20 Å². The van der Waals surface area contributed by atoms with Gasteiger partial charge >= 0.3 is 0 Å². The maximum Gasteiger partial charge on any atom is 0.243 e. The maximum absolute atomic E-state index is 12.8. The molecule has 0 spiro atoms. The van der Waals surface area contributed by atoms with Crippen LogP contribution in [0.3, 0.4) is 0 Å². The lowest BCUT2D eigenvalue weighted by atomic mass is 10.2. The minimum Gasteiger partial charge on any atom is -0.493 e. The zero-order chi connectivity index (χ0) is 17.6. The van der Waals surface area contributed by atoms with E-state index in [1.165, 1.54) is 43.5 Å². The number of methoxy groups -OCH3 is 2. The predicted molar refractivity (Wildman–Crippen MR) is 89.3 cm³/mol. The summed E-state index contributed by atoms with van der Waals surface area (Å²) >= 11 is 0. The van der Waals surface area contributed by atoms with Crippen LogP contribution in [0.2, 0.25) is 0 Å². The van der Waals surface area contributed by atoms with Crippen LogP contribution in [-0.4, -0.2) is 55.0 Å². The Morgan fingerprint density at radius 1 is 1.12 bits per heavy atom. The topological polar surface area (TPSA) is 86.6 Å². The molecule has 2 fully saturated rings. The van der Waals surface area contributed by atoms with Crippen molar-refractivity contribution in [3.8, 4) is 11.5 Å². The van der Waals surface area contributed by atoms with Gasteiger partial charge in [-0.25, -0.2) is 13.1 Å². The van der Waals surface area contributed by atoms with Gasteiger partial charge in [-0.15, -0.1) is 5.10 Å². The summed E-state index contributed by atoms with van der Waals surface area (Å²) in [7, 11) is -0.565. The average Bonchev–Trinajstić information content (AvgIpc) is 3.31. The number of benzene rings is 1. The first-order valence-corrected chi connectivity index (χ1v) is 9.61. The van der Waals surface area contributed by atoms with Crippen molar-refractivity contribution < 1.29 is 17.9 Å². The van der Waals surface area contributed by atoms with Crippen molar-refractivity contribution in [2.75, 3.05) is 27.3 Å². The first kappa shape index (κ1) is 16.3. The Kier molecular flexibility index (Phi) is 3.92. The van der Waals surface area contributed by atoms with E-state index in [0.717, 1.165) is 5.69 Å². The highest BCUT2D eigenvalue weighted by molar-refractivity contribution is 7.89. The normalized spacial score (nSPS) is 18.8. The standard InChI is InChI=1S/C16H20N4O4S/c1-23-15-6-5-13(7-16(15)24-2)25(21,22)19-8-12(9-19)20-10-14(17-18-20)11-3-4-11/h5-7,10-12H,3-4,8-9H2,1-2H3. The minimum atomic E-state index is -3.56. The lowest BCUT2D eigenvalue weighted by Crippen LogP contribution is -2.50. The largest absolute Gasteiger partial charge is 0.493 e. The van der Waals surface area contributed by atoms with Gasteiger partial charge in [0.1, 0.15) is 0 Å². The molecule has 8 nitrogen and oxygen atoms in total. The maximum atomic E-state index is 12.8. The number of nitrogens with zero attached hydrogens (tertiary/aromatic N) is 4. The molecule has 1 saturated carbocycles. The van der Waals surface area contributed by atoms with Gasteiger partial charge in [-0.1, -0.05) is 5.21 Å². The molecular weight excluding hydrogens is 344 g/mol. The van der Waals surface area contributed by atoms with E-state index in [-0.39, 0.29) is 10.9 Å². The monoisotopic (exact) mass is 364 g/mol. The van der Waals surface area contributed by atoms with Crippen LogP contribution >= 0.6 is 0 Å². The molecule has 25 heavy (non-hydrogen) atoms. The van der Waals surface area contributed by atoms with E-state index in [0.29, 0.717) is 30.5 Å². The predicted octanol–water partition coefficient (Wildman–Crippen LogP) is 1.42. The Morgan fingerprint density at radius 3 is 2.48 bits per heavy atom. The van der Waals surface area contributed by atoms with E-state index < -0.39 is 10.0 Å². The second-order valence-corrected chi connectivity index (χ2v) is 8.33. The number of sulfonamides is 1. The van der Waals surface area contributed by atoms with Crippen LogP contribution in [0, 0.1) is 0 Å². The number of rotatable bonds is 6. The molecule has 1 aromatic carbocycles. The van der Waals surface area contributed by atoms with Gasteiger partial charge in [0.2, 0.25) is 10.0 Å². The summed E-state index contributed by atoms with van der Waals surface area (Å²) in [6, 6.07) is 4.66. The molecule has 0 bridgehead atoms. The van der Waals surface area contributed by atoms with Crippen molar-refractivity contribution in [2.45, 2.75) is 29.7 Å². The van der Waals surface area contributed by atoms with Crippen LogP contribution in [0.5, 0.6) is 11.5 Å². The number of aromatic nitrogens is 3. The Bertz CT molecular complexity index is 885. The molecule has 0 radical (unpaired) electrons. The first-order chi connectivity index (χ1) is 12.0. The van der Waals surface area contributed by atoms with E-state index in [2.05, 4.69) is 10.3 Å². The Morgan fingerprint density at radius 2 is 1.84 bits per heavy atom. The quantitative estimate of drug-likeness (QED) is 0.770. The smallest absolute Gasteiger partial charge is 0.243 e. The van der Waals surface area contributed by atoms with Gasteiger partial charge in [0.15, 0.2) is 11.5 Å². The van der Waals surface area contributed by atoms with Gasteiger partial charge in [0.25, 0.3) is 0 Å². The van der Waals surface area contributed by atoms with Crippen molar-refractivity contribution in [2.24, 2.45) is 0 Å². The Labute approximate surface area is 146 Å². The highest BCUT2D eigenvalue weighted by atomic mass is 32.2. The Balaban J connectivity index is 1.48. The second kappa shape index (κ2) is 5.99. The van der Waals surface area contributed by atoms with Crippen LogP contribution in [0.1, 0.15) is 30.5 Å². The van der Waals surface area contributed by atoms with Crippen molar-refractivity contribution >= 4 is 10.0 Å². The first-order valence-electron chi connectivity index (χ1n) is 8.17. The molecule has 1 aliphatic heterocycles. The van der Waals surface area contributed by atoms with Crippen molar-refractivity contribution in [1.29, 1.82) is 0 Å². The SMILES string of the molecule is COc1ccc(S(=O)(=O)N2CC(n3cc(C4CC4)nn3)C2)cc1OC. The van der Waals surface area contributed by atoms with Crippen LogP contribution in [-0.2, 0) is 10.0 Å². The van der Waals surface area contributed by atoms with Gasteiger partial charge in [-0.05, 0) is 25.0 Å². The molecule has 0 amide bonds. The Hall–Kier alpha value is -2.13. The molecule has 1 saturated heterocycles. The number of ether oxygens (including phenoxy) is 2. The fourth-order valence-corrected chi connectivity index (χ4v) is 4.47. The molecule has 9 heteroatoms. The molecule has 1 aliphatic carbocycles. The number of hydrogen-bond donors (Lipinski definition) is 0. The third kappa shape index (κ3) is 2.87. The van der Waals surface area contributed by atoms with E-state index in [9.17, 15) is 8.42 Å². The second-order valence-electron chi connectivity index (χ2n) is 6.39. The zero-order valence-electron chi connectivity index (χ0n) is 14.1. The molecule has 2 heterocycles. The molecule has 2 aromatic rings. The van der Waals surface area contributed by atoms with E-state index in [4.69, 9.17) is 9.47 Å². The van der Waals surface area contributed by atoms with Gasteiger partial charge in [0, 0.05) is 31.3 Å². The van der Waals surface area contributed by atoms with Crippen LogP contribution < -0.4 is 9.47 Å². The molecular formula is C16H20N4O4S. The van der Waals surface area contributed by atoms with Crippen molar-refractivity contribution in [3.63, 3.8) is 0 Å². The molecule has 2 aliphatic rings. The molecule has 0 N–H and O–H groups in total. The summed E-state index contributed by atoms with van der Waals surface area (Å²) in [5.41, 5.74) is 1.01. The molecule has 1 aromatic heterocycles. The molecule has 0 unspecified atom stereocenters. The minimum absolute atomic E-state index is 0.0370. The van der Waals surface area contributed by atoms with Gasteiger partial charge in [0.05, 0.1) is 30.9 Å². The highest BCUT2D eigenvalue weighted by Crippen LogP contribution is 2.39. The lowest BCUT2D eigenvalue weighted by Gasteiger charge is -2.37. The average molecular weight is 364 g/mol. The summed E-state index contributed by atoms with van der Waals surface area (Å²) in [6.45, 7) is 0.786. The van der Waals surface area contributed by atoms with Crippen LogP contribution in [0.15, 0.2) is 29.3 Å². The zero-order valence-corrected chi connectivity index (χ0v) is 14.9. The summed E-state index contributed by atoms with van der Waals surface area (Å²) in [6.07, 6.45) is 4.29. The molecule has 4 rings (SSSR count). The third-order valence-corrected chi connectivity index (χ3v) is 6.55. The van der Waals surface area contributed by atoms with E-state index in [1.54, 1.807) is 10.7 Å². The fraction of sp³-hybridized carbons (Fsp3) is 0.500. The summed E-state index contributed by atoms with van der Waals surface area (Å²) in [5.74, 6) is 1.43. The fourth-order valence-electron chi connectivity index (χ4n) is 2.94. The summed E-state index contributed by atoms with van der Waals surface area (Å²) in [5, 5.41) is 8.33. The molecule has 134 valence electrons. The number of hydrogen-bond acceptors (Lipinski definition) is 6. The van der Waals surface area contributed by atoms with Crippen molar-refractivity contribution in [1.82, 2.24) is 19.3 Å². The van der Waals surface area contributed by atoms with E-state index >= 15 is 0 Å². The summed E-state index contributed by atoms with van der Waals surface area (Å²) in [4.78, 5) is 0.195. The lowest BCUT2D eigenvalue weighted by molar-refractivity contribution is 0.188. The van der Waals surface area contributed by atoms with Gasteiger partial charge < -0.3 is 9.47 Å².